The van der Waals surface area contributed by atoms with Crippen molar-refractivity contribution < 1.29 is 14.3 Å². The fourth-order valence-electron chi connectivity index (χ4n) is 3.53. The lowest BCUT2D eigenvalue weighted by Gasteiger charge is -2.37. The fraction of sp³-hybridized carbons (Fsp3) is 0.375. The zero-order valence-corrected chi connectivity index (χ0v) is 19.4. The SMILES string of the molecule is CCCOc1ccc(C(=O)NC(=S)Nc2ccccc2N2CCN(C(=O)CC)CC2)cc1. The lowest BCUT2D eigenvalue weighted by atomic mass is 10.2. The molecule has 2 aromatic rings. The quantitative estimate of drug-likeness (QED) is 0.622. The van der Waals surface area contributed by atoms with Crippen LogP contribution in [0.4, 0.5) is 11.4 Å². The van der Waals surface area contributed by atoms with E-state index in [0.717, 1.165) is 36.6 Å². The van der Waals surface area contributed by atoms with Crippen molar-refractivity contribution >= 4 is 40.5 Å². The first-order valence-electron chi connectivity index (χ1n) is 11.0. The zero-order chi connectivity index (χ0) is 22.9. The van der Waals surface area contributed by atoms with Crippen LogP contribution in [0.2, 0.25) is 0 Å². The van der Waals surface area contributed by atoms with E-state index in [2.05, 4.69) is 15.5 Å². The van der Waals surface area contributed by atoms with Gasteiger partial charge in [-0.3, -0.25) is 14.9 Å². The normalized spacial score (nSPS) is 13.4. The van der Waals surface area contributed by atoms with Crippen LogP contribution in [0.5, 0.6) is 5.75 Å². The summed E-state index contributed by atoms with van der Waals surface area (Å²) < 4.78 is 5.55. The molecule has 1 aliphatic rings. The number of piperazine rings is 1. The third-order valence-corrected chi connectivity index (χ3v) is 5.45. The van der Waals surface area contributed by atoms with E-state index in [-0.39, 0.29) is 16.9 Å². The van der Waals surface area contributed by atoms with Crippen LogP contribution in [-0.2, 0) is 4.79 Å². The number of thiocarbonyl (C=S) groups is 1. The molecule has 170 valence electrons. The molecular weight excluding hydrogens is 424 g/mol. The molecule has 0 radical (unpaired) electrons. The lowest BCUT2D eigenvalue weighted by Crippen LogP contribution is -2.48. The van der Waals surface area contributed by atoms with Crippen LogP contribution >= 0.6 is 12.2 Å². The molecule has 3 rings (SSSR count). The highest BCUT2D eigenvalue weighted by Gasteiger charge is 2.22. The van der Waals surface area contributed by atoms with Gasteiger partial charge in [-0.15, -0.1) is 0 Å². The number of hydrogen-bond acceptors (Lipinski definition) is 5. The van der Waals surface area contributed by atoms with Crippen molar-refractivity contribution in [2.24, 2.45) is 0 Å². The van der Waals surface area contributed by atoms with Crippen molar-refractivity contribution in [1.82, 2.24) is 10.2 Å². The summed E-state index contributed by atoms with van der Waals surface area (Å²) in [6.45, 7) is 7.45. The molecule has 32 heavy (non-hydrogen) atoms. The number of amides is 2. The molecule has 0 aromatic heterocycles. The van der Waals surface area contributed by atoms with Crippen LogP contribution in [0.3, 0.4) is 0 Å². The second kappa shape index (κ2) is 11.5. The summed E-state index contributed by atoms with van der Waals surface area (Å²) >= 11 is 5.39. The van der Waals surface area contributed by atoms with E-state index in [1.54, 1.807) is 24.3 Å². The Kier molecular flexibility index (Phi) is 8.44. The van der Waals surface area contributed by atoms with Crippen LogP contribution < -0.4 is 20.3 Å². The predicted octanol–water partition coefficient (Wildman–Crippen LogP) is 3.66. The number of anilines is 2. The number of rotatable bonds is 7. The van der Waals surface area contributed by atoms with Gasteiger partial charge in [0, 0.05) is 38.2 Å². The third kappa shape index (κ3) is 6.20. The summed E-state index contributed by atoms with van der Waals surface area (Å²) in [4.78, 5) is 28.6. The molecule has 0 spiro atoms. The molecule has 2 amide bonds. The second-order valence-electron chi connectivity index (χ2n) is 7.52. The average molecular weight is 455 g/mol. The van der Waals surface area contributed by atoms with E-state index >= 15 is 0 Å². The smallest absolute Gasteiger partial charge is 0.257 e. The molecule has 0 unspecified atom stereocenters. The Hall–Kier alpha value is -3.13. The van der Waals surface area contributed by atoms with Gasteiger partial charge in [-0.2, -0.15) is 0 Å². The Labute approximate surface area is 194 Å². The van der Waals surface area contributed by atoms with Crippen LogP contribution in [0.25, 0.3) is 0 Å². The van der Waals surface area contributed by atoms with E-state index in [9.17, 15) is 9.59 Å². The molecule has 2 aromatic carbocycles. The van der Waals surface area contributed by atoms with Crippen molar-refractivity contribution in [2.45, 2.75) is 26.7 Å². The Morgan fingerprint density at radius 1 is 1.00 bits per heavy atom. The molecular formula is C24H30N4O3S. The molecule has 0 aliphatic carbocycles. The highest BCUT2D eigenvalue weighted by molar-refractivity contribution is 7.80. The van der Waals surface area contributed by atoms with E-state index in [1.807, 2.05) is 43.0 Å². The van der Waals surface area contributed by atoms with Crippen molar-refractivity contribution in [3.63, 3.8) is 0 Å². The van der Waals surface area contributed by atoms with Gasteiger partial charge in [-0.1, -0.05) is 26.0 Å². The summed E-state index contributed by atoms with van der Waals surface area (Å²) in [6.07, 6.45) is 1.46. The van der Waals surface area contributed by atoms with Crippen LogP contribution in [0, 0.1) is 0 Å². The molecule has 0 saturated carbocycles. The standard InChI is InChI=1S/C24H30N4O3S/c1-3-17-31-19-11-9-18(10-12-19)23(30)26-24(32)25-20-7-5-6-8-21(20)27-13-15-28(16-14-27)22(29)4-2/h5-12H,3-4,13-17H2,1-2H3,(H2,25,26,30,32). The number of benzene rings is 2. The summed E-state index contributed by atoms with van der Waals surface area (Å²) in [7, 11) is 0. The van der Waals surface area contributed by atoms with Gasteiger partial charge in [0.2, 0.25) is 5.91 Å². The van der Waals surface area contributed by atoms with Crippen molar-refractivity contribution in [1.29, 1.82) is 0 Å². The van der Waals surface area contributed by atoms with Crippen LogP contribution in [0.15, 0.2) is 48.5 Å². The number of nitrogens with one attached hydrogen (secondary N) is 2. The average Bonchev–Trinajstić information content (AvgIpc) is 2.83. The maximum atomic E-state index is 12.6. The number of para-hydroxylation sites is 2. The van der Waals surface area contributed by atoms with Crippen LogP contribution in [0.1, 0.15) is 37.0 Å². The maximum Gasteiger partial charge on any atom is 0.257 e. The fourth-order valence-corrected chi connectivity index (χ4v) is 3.73. The first-order valence-corrected chi connectivity index (χ1v) is 11.4. The van der Waals surface area contributed by atoms with Gasteiger partial charge in [0.25, 0.3) is 5.91 Å². The second-order valence-corrected chi connectivity index (χ2v) is 7.93. The summed E-state index contributed by atoms with van der Waals surface area (Å²) in [5, 5.41) is 6.11. The highest BCUT2D eigenvalue weighted by Crippen LogP contribution is 2.26. The third-order valence-electron chi connectivity index (χ3n) is 5.24. The number of nitrogens with zero attached hydrogens (tertiary/aromatic N) is 2. The monoisotopic (exact) mass is 454 g/mol. The lowest BCUT2D eigenvalue weighted by molar-refractivity contribution is -0.131. The van der Waals surface area contributed by atoms with Crippen molar-refractivity contribution in [3.05, 3.63) is 54.1 Å². The molecule has 7 nitrogen and oxygen atoms in total. The first-order chi connectivity index (χ1) is 15.5. The Morgan fingerprint density at radius 3 is 2.34 bits per heavy atom. The van der Waals surface area contributed by atoms with Gasteiger partial charge in [0.1, 0.15) is 5.75 Å². The number of carbonyl (C=O) groups excluding carboxylic acids is 2. The number of ether oxygens (including phenoxy) is 1. The Bertz CT molecular complexity index is 941. The molecule has 1 aliphatic heterocycles. The molecule has 0 bridgehead atoms. The molecule has 1 heterocycles. The first kappa shape index (κ1) is 23.5. The number of hydrogen-bond donors (Lipinski definition) is 2. The van der Waals surface area contributed by atoms with E-state index in [1.165, 1.54) is 0 Å². The van der Waals surface area contributed by atoms with Gasteiger partial charge in [-0.05, 0) is 55.0 Å². The minimum absolute atomic E-state index is 0.185. The molecule has 0 atom stereocenters. The van der Waals surface area contributed by atoms with Crippen LogP contribution in [-0.4, -0.2) is 54.6 Å². The van der Waals surface area contributed by atoms with Gasteiger partial charge >= 0.3 is 0 Å². The molecule has 2 N–H and O–H groups in total. The van der Waals surface area contributed by atoms with Crippen molar-refractivity contribution in [2.75, 3.05) is 43.0 Å². The zero-order valence-electron chi connectivity index (χ0n) is 18.6. The van der Waals surface area contributed by atoms with Crippen molar-refractivity contribution in [3.8, 4) is 5.75 Å². The van der Waals surface area contributed by atoms with E-state index in [0.29, 0.717) is 31.7 Å². The molecule has 1 fully saturated rings. The number of carbonyl (C=O) groups is 2. The molecule has 8 heteroatoms. The Morgan fingerprint density at radius 2 is 1.69 bits per heavy atom. The van der Waals surface area contributed by atoms with Gasteiger partial charge in [-0.25, -0.2) is 0 Å². The minimum Gasteiger partial charge on any atom is -0.494 e. The van der Waals surface area contributed by atoms with E-state index < -0.39 is 0 Å². The van der Waals surface area contributed by atoms with Gasteiger partial charge in [0.15, 0.2) is 5.11 Å². The molecule has 1 saturated heterocycles. The largest absolute Gasteiger partial charge is 0.494 e. The summed E-state index contributed by atoms with van der Waals surface area (Å²) in [5.74, 6) is 0.636. The summed E-state index contributed by atoms with van der Waals surface area (Å²) in [6, 6.07) is 14.8. The topological polar surface area (TPSA) is 73.9 Å². The van der Waals surface area contributed by atoms with Gasteiger partial charge in [0.05, 0.1) is 18.0 Å². The highest BCUT2D eigenvalue weighted by atomic mass is 32.1. The Balaban J connectivity index is 1.59. The maximum absolute atomic E-state index is 12.6. The summed E-state index contributed by atoms with van der Waals surface area (Å²) in [5.41, 5.74) is 2.31. The van der Waals surface area contributed by atoms with E-state index in [4.69, 9.17) is 17.0 Å². The van der Waals surface area contributed by atoms with Gasteiger partial charge < -0.3 is 19.9 Å². The minimum atomic E-state index is -0.284. The predicted molar refractivity (Wildman–Crippen MR) is 131 cm³/mol.